The van der Waals surface area contributed by atoms with Crippen molar-refractivity contribution < 1.29 is 29.5 Å². The van der Waals surface area contributed by atoms with Gasteiger partial charge in [0.25, 0.3) is 0 Å². The topological polar surface area (TPSA) is 159 Å². The minimum absolute atomic E-state index is 0.133. The molecule has 2 heterocycles. The number of aromatic nitrogens is 2. The molecule has 1 aromatic rings. The molecule has 20 heavy (non-hydrogen) atoms. The summed E-state index contributed by atoms with van der Waals surface area (Å²) in [6, 6.07) is 0. The van der Waals surface area contributed by atoms with Gasteiger partial charge in [-0.1, -0.05) is 0 Å². The molecule has 9 nitrogen and oxygen atoms in total. The first-order valence-electron chi connectivity index (χ1n) is 5.76. The molecular weight excluding hydrogens is 273 g/mol. The Bertz CT molecular complexity index is 522. The van der Waals surface area contributed by atoms with Gasteiger partial charge in [0.05, 0.1) is 18.5 Å². The van der Waals surface area contributed by atoms with E-state index in [2.05, 4.69) is 15.3 Å². The largest absolute Gasteiger partial charge is 0.394 e. The number of carbonyl (C=O) groups is 1. The lowest BCUT2D eigenvalue weighted by molar-refractivity contribution is -0.119. The van der Waals surface area contributed by atoms with E-state index in [1.807, 2.05) is 0 Å². The molecule has 8 N–H and O–H groups in total. The summed E-state index contributed by atoms with van der Waals surface area (Å²) < 4.78 is 19.0. The number of halogens is 1. The van der Waals surface area contributed by atoms with Gasteiger partial charge in [-0.25, -0.2) is 19.5 Å². The van der Waals surface area contributed by atoms with Gasteiger partial charge < -0.3 is 19.9 Å². The molecule has 0 radical (unpaired) electrons. The Morgan fingerprint density at radius 2 is 2.40 bits per heavy atom. The molecule has 0 bridgehead atoms. The third-order valence-electron chi connectivity index (χ3n) is 2.87. The van der Waals surface area contributed by atoms with E-state index in [1.165, 1.54) is 6.20 Å². The molecule has 10 heteroatoms. The van der Waals surface area contributed by atoms with Gasteiger partial charge in [0.1, 0.15) is 18.3 Å². The van der Waals surface area contributed by atoms with Crippen LogP contribution in [0.2, 0.25) is 0 Å². The Hall–Kier alpha value is -2.04. The second kappa shape index (κ2) is 5.53. The van der Waals surface area contributed by atoms with Crippen molar-refractivity contribution >= 4 is 11.9 Å². The molecule has 0 aliphatic carbocycles. The molecule has 0 unspecified atom stereocenters. The van der Waals surface area contributed by atoms with Crippen molar-refractivity contribution in [3.05, 3.63) is 17.7 Å². The van der Waals surface area contributed by atoms with Crippen molar-refractivity contribution in [2.24, 2.45) is 5.73 Å². The van der Waals surface area contributed by atoms with Crippen molar-refractivity contribution in [2.45, 2.75) is 24.5 Å². The number of aliphatic hydroxyl groups is 2. The standard InChI is InChI=1S/C10H14FN5O4/c11-5-6(18)4(2-17)20-7(5)3-1-14-8(15-3)9(19)16-10(12)13/h1,4-7,17-18H,2H2,(H,14,15)(H4,12,13,16,19)/p+1/t4-,5-,6-,7+/m1/s1. The molecule has 4 atom stereocenters. The lowest BCUT2D eigenvalue weighted by atomic mass is 10.1. The SMILES string of the molecule is NC(=[NH2+])NC(=O)c1ncc([C@@H]2O[C@H](CO)[C@@H](O)[C@H]2F)[nH]1. The molecule has 1 aliphatic heterocycles. The van der Waals surface area contributed by atoms with Crippen LogP contribution in [0.1, 0.15) is 22.4 Å². The summed E-state index contributed by atoms with van der Waals surface area (Å²) in [6.07, 6.45) is -4.15. The molecule has 1 aliphatic rings. The molecular formula is C10H15FN5O4+. The number of H-pyrrole nitrogens is 1. The zero-order chi connectivity index (χ0) is 14.9. The molecule has 0 spiro atoms. The highest BCUT2D eigenvalue weighted by molar-refractivity contribution is 6.01. The van der Waals surface area contributed by atoms with E-state index in [9.17, 15) is 14.3 Å². The summed E-state index contributed by atoms with van der Waals surface area (Å²) in [6.45, 7) is -0.516. The van der Waals surface area contributed by atoms with Crippen LogP contribution >= 0.6 is 0 Å². The van der Waals surface area contributed by atoms with Crippen LogP contribution in [-0.2, 0) is 4.74 Å². The van der Waals surface area contributed by atoms with Gasteiger partial charge in [-0.15, -0.1) is 0 Å². The maximum absolute atomic E-state index is 13.8. The summed E-state index contributed by atoms with van der Waals surface area (Å²) in [7, 11) is 0. The molecule has 1 saturated heterocycles. The van der Waals surface area contributed by atoms with Crippen LogP contribution < -0.4 is 16.5 Å². The number of alkyl halides is 1. The monoisotopic (exact) mass is 288 g/mol. The smallest absolute Gasteiger partial charge is 0.349 e. The minimum Gasteiger partial charge on any atom is -0.394 e. The number of nitrogens with one attached hydrogen (secondary N) is 2. The third kappa shape index (κ3) is 2.61. The first-order valence-corrected chi connectivity index (χ1v) is 5.76. The number of nitrogens with zero attached hydrogens (tertiary/aromatic N) is 1. The predicted octanol–water partition coefficient (Wildman–Crippen LogP) is -3.66. The summed E-state index contributed by atoms with van der Waals surface area (Å²) in [5, 5.41) is 25.7. The van der Waals surface area contributed by atoms with Gasteiger partial charge in [0.15, 0.2) is 6.17 Å². The number of rotatable bonds is 3. The summed E-state index contributed by atoms with van der Waals surface area (Å²) in [5.74, 6) is -1.13. The fourth-order valence-corrected chi connectivity index (χ4v) is 1.91. The molecule has 110 valence electrons. The normalized spacial score (nSPS) is 29.4. The number of hydrogen-bond donors (Lipinski definition) is 6. The van der Waals surface area contributed by atoms with Crippen LogP contribution in [0.4, 0.5) is 4.39 Å². The van der Waals surface area contributed by atoms with Crippen molar-refractivity contribution in [1.29, 1.82) is 0 Å². The fraction of sp³-hybridized carbons (Fsp3) is 0.500. The number of aromatic amines is 1. The van der Waals surface area contributed by atoms with Crippen molar-refractivity contribution in [3.63, 3.8) is 0 Å². The van der Waals surface area contributed by atoms with Crippen LogP contribution in [0, 0.1) is 0 Å². The van der Waals surface area contributed by atoms with Gasteiger partial charge in [-0.2, -0.15) is 0 Å². The van der Waals surface area contributed by atoms with Crippen molar-refractivity contribution in [3.8, 4) is 0 Å². The number of imidazole rings is 1. The molecule has 1 amide bonds. The zero-order valence-electron chi connectivity index (χ0n) is 10.3. The maximum Gasteiger partial charge on any atom is 0.349 e. The molecule has 1 fully saturated rings. The van der Waals surface area contributed by atoms with Crippen LogP contribution in [0.25, 0.3) is 0 Å². The highest BCUT2D eigenvalue weighted by Crippen LogP contribution is 2.34. The van der Waals surface area contributed by atoms with E-state index < -0.39 is 37.0 Å². The highest BCUT2D eigenvalue weighted by Gasteiger charge is 2.45. The molecule has 2 rings (SSSR count). The predicted molar refractivity (Wildman–Crippen MR) is 62.8 cm³/mol. The van der Waals surface area contributed by atoms with Crippen LogP contribution in [0.5, 0.6) is 0 Å². The number of guanidine groups is 1. The summed E-state index contributed by atoms with van der Waals surface area (Å²) >= 11 is 0. The lowest BCUT2D eigenvalue weighted by Gasteiger charge is -2.10. The highest BCUT2D eigenvalue weighted by atomic mass is 19.1. The number of amides is 1. The lowest BCUT2D eigenvalue weighted by Crippen LogP contribution is -2.56. The third-order valence-corrected chi connectivity index (χ3v) is 2.87. The number of ether oxygens (including phenoxy) is 1. The van der Waals surface area contributed by atoms with Gasteiger partial charge >= 0.3 is 11.9 Å². The Morgan fingerprint density at radius 3 is 2.95 bits per heavy atom. The van der Waals surface area contributed by atoms with E-state index in [0.29, 0.717) is 0 Å². The van der Waals surface area contributed by atoms with E-state index in [1.54, 1.807) is 0 Å². The van der Waals surface area contributed by atoms with E-state index in [4.69, 9.17) is 21.0 Å². The number of hydrogen-bond acceptors (Lipinski definition) is 5. The Balaban J connectivity index is 2.13. The minimum atomic E-state index is -1.74. The van der Waals surface area contributed by atoms with Crippen LogP contribution in [0.3, 0.4) is 0 Å². The van der Waals surface area contributed by atoms with Crippen molar-refractivity contribution in [2.75, 3.05) is 6.61 Å². The van der Waals surface area contributed by atoms with Crippen molar-refractivity contribution in [1.82, 2.24) is 15.3 Å². The van der Waals surface area contributed by atoms with Gasteiger partial charge in [-0.05, 0) is 0 Å². The zero-order valence-corrected chi connectivity index (χ0v) is 10.3. The Labute approximate surface area is 112 Å². The van der Waals surface area contributed by atoms with Gasteiger partial charge in [0, 0.05) is 0 Å². The fourth-order valence-electron chi connectivity index (χ4n) is 1.91. The van der Waals surface area contributed by atoms with Gasteiger partial charge in [0.2, 0.25) is 5.82 Å². The first-order chi connectivity index (χ1) is 9.43. The van der Waals surface area contributed by atoms with Crippen LogP contribution in [0.15, 0.2) is 6.20 Å². The van der Waals surface area contributed by atoms with Gasteiger partial charge in [-0.3, -0.25) is 11.1 Å². The summed E-state index contributed by atoms with van der Waals surface area (Å²) in [5.41, 5.74) is 5.27. The van der Waals surface area contributed by atoms with E-state index in [-0.39, 0.29) is 17.5 Å². The molecule has 0 saturated carbocycles. The molecule has 1 aromatic heterocycles. The second-order valence-electron chi connectivity index (χ2n) is 4.31. The van der Waals surface area contributed by atoms with Crippen LogP contribution in [-0.4, -0.2) is 57.0 Å². The molecule has 0 aromatic carbocycles. The van der Waals surface area contributed by atoms with E-state index >= 15 is 0 Å². The quantitative estimate of drug-likeness (QED) is 0.248. The second-order valence-corrected chi connectivity index (χ2v) is 4.31. The average Bonchev–Trinajstić information content (AvgIpc) is 2.96. The Kier molecular flexibility index (Phi) is 3.97. The summed E-state index contributed by atoms with van der Waals surface area (Å²) in [4.78, 5) is 17.8. The number of nitrogens with two attached hydrogens (primary N) is 2. The number of aliphatic hydroxyl groups excluding tert-OH is 2. The first kappa shape index (κ1) is 14.4. The maximum atomic E-state index is 13.8. The average molecular weight is 288 g/mol. The Morgan fingerprint density at radius 1 is 1.70 bits per heavy atom. The van der Waals surface area contributed by atoms with E-state index in [0.717, 1.165) is 0 Å². The number of carbonyl (C=O) groups excluding carboxylic acids is 1.